The average molecular weight is 281 g/mol. The molecule has 0 aromatic carbocycles. The fourth-order valence-corrected chi connectivity index (χ4v) is 1.29. The lowest BCUT2D eigenvalue weighted by atomic mass is 9.78. The topological polar surface area (TPSA) is 87.5 Å². The third kappa shape index (κ3) is 4.43. The van der Waals surface area contributed by atoms with E-state index in [0.717, 1.165) is 0 Å². The monoisotopic (exact) mass is 281 g/mol. The first-order valence-electron chi connectivity index (χ1n) is 6.69. The Kier molecular flexibility index (Phi) is 5.12. The van der Waals surface area contributed by atoms with Crippen LogP contribution in [0.1, 0.15) is 41.5 Å². The smallest absolute Gasteiger partial charge is 0.423 e. The van der Waals surface area contributed by atoms with Crippen molar-refractivity contribution in [2.45, 2.75) is 58.8 Å². The van der Waals surface area contributed by atoms with Crippen molar-refractivity contribution in [3.63, 3.8) is 0 Å². The van der Waals surface area contributed by atoms with Gasteiger partial charge in [0.2, 0.25) is 5.95 Å². The van der Waals surface area contributed by atoms with Crippen molar-refractivity contribution in [2.24, 2.45) is 0 Å². The number of aliphatic hydroxyl groups is 1. The van der Waals surface area contributed by atoms with Crippen LogP contribution in [0.5, 0.6) is 0 Å². The zero-order valence-electron chi connectivity index (χ0n) is 13.0. The van der Waals surface area contributed by atoms with E-state index in [-0.39, 0.29) is 6.04 Å². The van der Waals surface area contributed by atoms with Gasteiger partial charge in [-0.3, -0.25) is 0 Å². The summed E-state index contributed by atoms with van der Waals surface area (Å²) in [5.41, 5.74) is -1.56. The molecule has 112 valence electrons. The van der Waals surface area contributed by atoms with Gasteiger partial charge < -0.3 is 20.1 Å². The highest BCUT2D eigenvalue weighted by Gasteiger charge is 2.39. The molecule has 20 heavy (non-hydrogen) atoms. The molecule has 0 aliphatic carbocycles. The molecule has 0 atom stereocenters. The van der Waals surface area contributed by atoms with Crippen LogP contribution < -0.4 is 10.8 Å². The molecular formula is C13H24BN3O3. The number of nitrogens with zero attached hydrogens (tertiary/aromatic N) is 2. The molecule has 7 heteroatoms. The quantitative estimate of drug-likeness (QED) is 0.660. The van der Waals surface area contributed by atoms with Gasteiger partial charge in [-0.25, -0.2) is 9.97 Å². The Labute approximate surface area is 120 Å². The molecular weight excluding hydrogens is 257 g/mol. The van der Waals surface area contributed by atoms with E-state index in [0.29, 0.717) is 11.4 Å². The Balaban J connectivity index is 2.76. The SMILES string of the molecule is CC(C)Nc1ncc(B(O)OC(C)(C)C(C)(C)O)cn1. The van der Waals surface area contributed by atoms with E-state index >= 15 is 0 Å². The van der Waals surface area contributed by atoms with E-state index in [1.807, 2.05) is 13.8 Å². The standard InChI is InChI=1S/C13H24BN3O3/c1-9(2)17-11-15-7-10(8-16-11)14(19)20-13(5,6)12(3,4)18/h7-9,18-19H,1-6H3,(H,15,16,17). The zero-order chi connectivity index (χ0) is 15.6. The summed E-state index contributed by atoms with van der Waals surface area (Å²) in [6.45, 7) is 10.7. The van der Waals surface area contributed by atoms with Crippen LogP contribution in [-0.4, -0.2) is 44.5 Å². The Hall–Kier alpha value is -1.18. The molecule has 0 radical (unpaired) electrons. The zero-order valence-corrected chi connectivity index (χ0v) is 13.0. The first kappa shape index (κ1) is 16.9. The van der Waals surface area contributed by atoms with Gasteiger partial charge in [-0.2, -0.15) is 0 Å². The highest BCUT2D eigenvalue weighted by atomic mass is 16.5. The van der Waals surface area contributed by atoms with Crippen LogP contribution in [0, 0.1) is 0 Å². The van der Waals surface area contributed by atoms with Crippen molar-refractivity contribution < 1.29 is 14.8 Å². The van der Waals surface area contributed by atoms with E-state index in [4.69, 9.17) is 4.65 Å². The number of aromatic nitrogens is 2. The van der Waals surface area contributed by atoms with Gasteiger partial charge in [-0.1, -0.05) is 0 Å². The summed E-state index contributed by atoms with van der Waals surface area (Å²) in [7, 11) is -1.19. The van der Waals surface area contributed by atoms with Crippen LogP contribution in [0.25, 0.3) is 0 Å². The number of anilines is 1. The summed E-state index contributed by atoms with van der Waals surface area (Å²) >= 11 is 0. The maximum Gasteiger partial charge on any atom is 0.494 e. The lowest BCUT2D eigenvalue weighted by Crippen LogP contribution is -2.53. The largest absolute Gasteiger partial charge is 0.494 e. The number of hydrogen-bond acceptors (Lipinski definition) is 6. The number of nitrogens with one attached hydrogen (secondary N) is 1. The summed E-state index contributed by atoms with van der Waals surface area (Å²) in [4.78, 5) is 8.21. The van der Waals surface area contributed by atoms with Gasteiger partial charge in [0.15, 0.2) is 0 Å². The van der Waals surface area contributed by atoms with Crippen molar-refractivity contribution in [1.29, 1.82) is 0 Å². The third-order valence-corrected chi connectivity index (χ3v) is 3.25. The van der Waals surface area contributed by atoms with Crippen molar-refractivity contribution in [3.05, 3.63) is 12.4 Å². The predicted molar refractivity (Wildman–Crippen MR) is 79.9 cm³/mol. The summed E-state index contributed by atoms with van der Waals surface area (Å²) in [6, 6.07) is 0.233. The van der Waals surface area contributed by atoms with Crippen LogP contribution in [0.2, 0.25) is 0 Å². The summed E-state index contributed by atoms with van der Waals surface area (Å²) in [6.07, 6.45) is 3.01. The van der Waals surface area contributed by atoms with Crippen molar-refractivity contribution in [3.8, 4) is 0 Å². The third-order valence-electron chi connectivity index (χ3n) is 3.25. The Morgan fingerprint density at radius 2 is 1.70 bits per heavy atom. The summed E-state index contributed by atoms with van der Waals surface area (Å²) in [5, 5.41) is 23.1. The van der Waals surface area contributed by atoms with Gasteiger partial charge in [0.25, 0.3) is 0 Å². The van der Waals surface area contributed by atoms with E-state index in [2.05, 4.69) is 15.3 Å². The maximum atomic E-state index is 10.1. The second-order valence-electron chi connectivity index (χ2n) is 6.18. The first-order chi connectivity index (χ1) is 9.03. The normalized spacial score (nSPS) is 12.7. The van der Waals surface area contributed by atoms with Gasteiger partial charge in [0.1, 0.15) is 0 Å². The molecule has 0 saturated carbocycles. The molecule has 0 fully saturated rings. The Morgan fingerprint density at radius 1 is 1.20 bits per heavy atom. The van der Waals surface area contributed by atoms with Gasteiger partial charge in [0.05, 0.1) is 11.2 Å². The molecule has 6 nitrogen and oxygen atoms in total. The van der Waals surface area contributed by atoms with E-state index in [1.54, 1.807) is 27.7 Å². The van der Waals surface area contributed by atoms with Gasteiger partial charge in [0, 0.05) is 23.9 Å². The molecule has 0 saturated heterocycles. The average Bonchev–Trinajstić information content (AvgIpc) is 2.26. The van der Waals surface area contributed by atoms with Crippen LogP contribution in [0.4, 0.5) is 5.95 Å². The fourth-order valence-electron chi connectivity index (χ4n) is 1.29. The number of rotatable bonds is 6. The molecule has 1 rings (SSSR count). The molecule has 0 bridgehead atoms. The molecule has 1 aromatic rings. The van der Waals surface area contributed by atoms with Crippen LogP contribution in [0.3, 0.4) is 0 Å². The molecule has 0 aliphatic rings. The van der Waals surface area contributed by atoms with Crippen molar-refractivity contribution in [1.82, 2.24) is 9.97 Å². The Morgan fingerprint density at radius 3 is 2.10 bits per heavy atom. The van der Waals surface area contributed by atoms with Crippen molar-refractivity contribution >= 4 is 18.5 Å². The predicted octanol–water partition coefficient (Wildman–Crippen LogP) is 0.550. The summed E-state index contributed by atoms with van der Waals surface area (Å²) < 4.78 is 5.51. The second-order valence-corrected chi connectivity index (χ2v) is 6.18. The van der Waals surface area contributed by atoms with E-state index in [1.165, 1.54) is 12.4 Å². The summed E-state index contributed by atoms with van der Waals surface area (Å²) in [5.74, 6) is 0.498. The molecule has 3 N–H and O–H groups in total. The lowest BCUT2D eigenvalue weighted by Gasteiger charge is -2.38. The molecule has 0 spiro atoms. The molecule has 0 unspecified atom stereocenters. The molecule has 1 aromatic heterocycles. The Bertz CT molecular complexity index is 429. The minimum absolute atomic E-state index is 0.233. The van der Waals surface area contributed by atoms with Crippen molar-refractivity contribution in [2.75, 3.05) is 5.32 Å². The van der Waals surface area contributed by atoms with Crippen LogP contribution in [0.15, 0.2) is 12.4 Å². The highest BCUT2D eigenvalue weighted by Crippen LogP contribution is 2.25. The van der Waals surface area contributed by atoms with Gasteiger partial charge in [-0.05, 0) is 41.5 Å². The van der Waals surface area contributed by atoms with Crippen LogP contribution in [-0.2, 0) is 4.65 Å². The lowest BCUT2D eigenvalue weighted by molar-refractivity contribution is -0.0982. The first-order valence-corrected chi connectivity index (χ1v) is 6.69. The minimum Gasteiger partial charge on any atom is -0.423 e. The second kappa shape index (κ2) is 6.07. The van der Waals surface area contributed by atoms with Crippen LogP contribution >= 0.6 is 0 Å². The highest BCUT2D eigenvalue weighted by molar-refractivity contribution is 6.59. The fraction of sp³-hybridized carbons (Fsp3) is 0.692. The van der Waals surface area contributed by atoms with E-state index in [9.17, 15) is 10.1 Å². The molecule has 0 aliphatic heterocycles. The van der Waals surface area contributed by atoms with Gasteiger partial charge in [-0.15, -0.1) is 0 Å². The van der Waals surface area contributed by atoms with E-state index < -0.39 is 18.3 Å². The molecule has 1 heterocycles. The minimum atomic E-state index is -1.19. The maximum absolute atomic E-state index is 10.1. The van der Waals surface area contributed by atoms with Gasteiger partial charge >= 0.3 is 7.12 Å². The number of hydrogen-bond donors (Lipinski definition) is 3. The molecule has 0 amide bonds.